The van der Waals surface area contributed by atoms with Crippen molar-refractivity contribution in [3.63, 3.8) is 0 Å². The fourth-order valence-corrected chi connectivity index (χ4v) is 3.39. The highest BCUT2D eigenvalue weighted by Gasteiger charge is 2.16. The first-order valence-corrected chi connectivity index (χ1v) is 9.07. The van der Waals surface area contributed by atoms with Gasteiger partial charge in [-0.1, -0.05) is 30.3 Å². The van der Waals surface area contributed by atoms with Crippen molar-refractivity contribution in [2.45, 2.75) is 25.7 Å². The molecule has 1 amide bonds. The van der Waals surface area contributed by atoms with Gasteiger partial charge in [0.15, 0.2) is 0 Å². The minimum atomic E-state index is -0.572. The molecule has 6 heteroatoms. The number of primary amides is 1. The Morgan fingerprint density at radius 1 is 0.963 bits per heavy atom. The SMILES string of the molecule is NC(=O)c1cnc(Nc2cccc3c2CCCC3)nc1Nc1ccccc1. The molecule has 4 rings (SSSR count). The molecule has 4 N–H and O–H groups in total. The molecule has 0 radical (unpaired) electrons. The van der Waals surface area contributed by atoms with E-state index in [0.29, 0.717) is 11.8 Å². The number of carbonyl (C=O) groups excluding carboxylic acids is 1. The number of nitrogens with two attached hydrogens (primary N) is 1. The smallest absolute Gasteiger partial charge is 0.254 e. The summed E-state index contributed by atoms with van der Waals surface area (Å²) in [6, 6.07) is 15.8. The van der Waals surface area contributed by atoms with Gasteiger partial charge in [0, 0.05) is 17.6 Å². The van der Waals surface area contributed by atoms with Crippen LogP contribution in [0.4, 0.5) is 23.1 Å². The van der Waals surface area contributed by atoms with Gasteiger partial charge in [-0.2, -0.15) is 4.98 Å². The summed E-state index contributed by atoms with van der Waals surface area (Å²) < 4.78 is 0. The molecule has 0 saturated carbocycles. The number of carbonyl (C=O) groups is 1. The van der Waals surface area contributed by atoms with Crippen LogP contribution in [0.5, 0.6) is 0 Å². The van der Waals surface area contributed by atoms with Crippen LogP contribution >= 0.6 is 0 Å². The Hall–Kier alpha value is -3.41. The van der Waals surface area contributed by atoms with Crippen molar-refractivity contribution in [3.05, 3.63) is 71.4 Å². The van der Waals surface area contributed by atoms with Crippen molar-refractivity contribution >= 4 is 29.0 Å². The molecule has 3 aromatic rings. The molecular formula is C21H21N5O. The van der Waals surface area contributed by atoms with Gasteiger partial charge in [0.1, 0.15) is 11.4 Å². The average Bonchev–Trinajstić information content (AvgIpc) is 2.69. The number of anilines is 4. The van der Waals surface area contributed by atoms with Crippen LogP contribution in [0.2, 0.25) is 0 Å². The van der Waals surface area contributed by atoms with Gasteiger partial charge in [0.25, 0.3) is 5.91 Å². The fourth-order valence-electron chi connectivity index (χ4n) is 3.39. The van der Waals surface area contributed by atoms with Crippen molar-refractivity contribution < 1.29 is 4.79 Å². The van der Waals surface area contributed by atoms with Crippen molar-refractivity contribution in [1.82, 2.24) is 9.97 Å². The van der Waals surface area contributed by atoms with E-state index < -0.39 is 5.91 Å². The zero-order valence-electron chi connectivity index (χ0n) is 14.9. The first-order valence-electron chi connectivity index (χ1n) is 9.07. The number of rotatable bonds is 5. The topological polar surface area (TPSA) is 92.9 Å². The first-order chi connectivity index (χ1) is 13.2. The molecule has 0 aliphatic heterocycles. The third-order valence-corrected chi connectivity index (χ3v) is 4.73. The van der Waals surface area contributed by atoms with Crippen LogP contribution in [0.3, 0.4) is 0 Å². The number of hydrogen-bond acceptors (Lipinski definition) is 5. The van der Waals surface area contributed by atoms with Gasteiger partial charge in [-0.05, 0) is 55.0 Å². The van der Waals surface area contributed by atoms with Gasteiger partial charge in [0.2, 0.25) is 5.95 Å². The molecular weight excluding hydrogens is 338 g/mol. The van der Waals surface area contributed by atoms with E-state index in [9.17, 15) is 4.79 Å². The quantitative estimate of drug-likeness (QED) is 0.641. The third kappa shape index (κ3) is 3.74. The molecule has 0 bridgehead atoms. The Balaban J connectivity index is 1.66. The Morgan fingerprint density at radius 2 is 1.78 bits per heavy atom. The number of hydrogen-bond donors (Lipinski definition) is 3. The molecule has 0 unspecified atom stereocenters. The fraction of sp³-hybridized carbons (Fsp3) is 0.190. The van der Waals surface area contributed by atoms with Crippen molar-refractivity contribution in [2.75, 3.05) is 10.6 Å². The highest BCUT2D eigenvalue weighted by atomic mass is 16.1. The van der Waals surface area contributed by atoms with Crippen LogP contribution in [0.15, 0.2) is 54.7 Å². The Labute approximate surface area is 157 Å². The lowest BCUT2D eigenvalue weighted by Gasteiger charge is -2.20. The van der Waals surface area contributed by atoms with Crippen molar-refractivity contribution in [3.8, 4) is 0 Å². The highest BCUT2D eigenvalue weighted by Crippen LogP contribution is 2.29. The van der Waals surface area contributed by atoms with E-state index >= 15 is 0 Å². The molecule has 0 spiro atoms. The molecule has 1 aliphatic rings. The summed E-state index contributed by atoms with van der Waals surface area (Å²) in [6.45, 7) is 0. The number of benzene rings is 2. The molecule has 136 valence electrons. The molecule has 27 heavy (non-hydrogen) atoms. The highest BCUT2D eigenvalue weighted by molar-refractivity contribution is 5.98. The molecule has 0 fully saturated rings. The second kappa shape index (κ2) is 7.45. The zero-order chi connectivity index (χ0) is 18.6. The zero-order valence-corrected chi connectivity index (χ0v) is 14.9. The maximum atomic E-state index is 11.8. The number of nitrogens with zero attached hydrogens (tertiary/aromatic N) is 2. The summed E-state index contributed by atoms with van der Waals surface area (Å²) in [4.78, 5) is 20.5. The lowest BCUT2D eigenvalue weighted by atomic mass is 9.90. The van der Waals surface area contributed by atoms with Gasteiger partial charge in [-0.3, -0.25) is 4.79 Å². The molecule has 1 aliphatic carbocycles. The maximum absolute atomic E-state index is 11.8. The van der Waals surface area contributed by atoms with Gasteiger partial charge < -0.3 is 16.4 Å². The Morgan fingerprint density at radius 3 is 2.59 bits per heavy atom. The number of para-hydroxylation sites is 1. The molecule has 0 atom stereocenters. The number of nitrogens with one attached hydrogen (secondary N) is 2. The lowest BCUT2D eigenvalue weighted by molar-refractivity contribution is 0.100. The van der Waals surface area contributed by atoms with E-state index in [4.69, 9.17) is 5.73 Å². The van der Waals surface area contributed by atoms with Crippen LogP contribution in [0.25, 0.3) is 0 Å². The van der Waals surface area contributed by atoms with Crippen LogP contribution in [-0.4, -0.2) is 15.9 Å². The number of aryl methyl sites for hydroxylation is 1. The molecule has 6 nitrogen and oxygen atoms in total. The minimum absolute atomic E-state index is 0.250. The second-order valence-electron chi connectivity index (χ2n) is 6.59. The van der Waals surface area contributed by atoms with E-state index in [-0.39, 0.29) is 5.56 Å². The van der Waals surface area contributed by atoms with E-state index in [1.165, 1.54) is 30.2 Å². The van der Waals surface area contributed by atoms with Gasteiger partial charge in [-0.15, -0.1) is 0 Å². The summed E-state index contributed by atoms with van der Waals surface area (Å²) in [5, 5.41) is 6.46. The predicted molar refractivity (Wildman–Crippen MR) is 107 cm³/mol. The molecule has 1 heterocycles. The monoisotopic (exact) mass is 359 g/mol. The minimum Gasteiger partial charge on any atom is -0.365 e. The maximum Gasteiger partial charge on any atom is 0.254 e. The number of amides is 1. The van der Waals surface area contributed by atoms with Crippen LogP contribution in [0.1, 0.15) is 34.3 Å². The second-order valence-corrected chi connectivity index (χ2v) is 6.59. The van der Waals surface area contributed by atoms with E-state index in [0.717, 1.165) is 24.2 Å². The van der Waals surface area contributed by atoms with E-state index in [1.807, 2.05) is 42.5 Å². The summed E-state index contributed by atoms with van der Waals surface area (Å²) in [5.74, 6) is 0.241. The molecule has 1 aromatic heterocycles. The number of aromatic nitrogens is 2. The number of fused-ring (bicyclic) bond motifs is 1. The van der Waals surface area contributed by atoms with Crippen LogP contribution in [-0.2, 0) is 12.8 Å². The van der Waals surface area contributed by atoms with Crippen molar-refractivity contribution in [1.29, 1.82) is 0 Å². The summed E-state index contributed by atoms with van der Waals surface area (Å²) in [7, 11) is 0. The van der Waals surface area contributed by atoms with Gasteiger partial charge in [-0.25, -0.2) is 4.98 Å². The van der Waals surface area contributed by atoms with Gasteiger partial charge >= 0.3 is 0 Å². The Bertz CT molecular complexity index is 972. The average molecular weight is 359 g/mol. The van der Waals surface area contributed by atoms with Gasteiger partial charge in [0.05, 0.1) is 0 Å². The van der Waals surface area contributed by atoms with Crippen LogP contribution < -0.4 is 16.4 Å². The lowest BCUT2D eigenvalue weighted by Crippen LogP contribution is -2.16. The van der Waals surface area contributed by atoms with E-state index in [1.54, 1.807) is 0 Å². The normalized spacial score (nSPS) is 12.9. The van der Waals surface area contributed by atoms with Crippen molar-refractivity contribution in [2.24, 2.45) is 5.73 Å². The molecule has 2 aromatic carbocycles. The summed E-state index contributed by atoms with van der Waals surface area (Å²) >= 11 is 0. The third-order valence-electron chi connectivity index (χ3n) is 4.73. The predicted octanol–water partition coefficient (Wildman–Crippen LogP) is 3.94. The summed E-state index contributed by atoms with van der Waals surface area (Å²) in [5.41, 5.74) is 10.3. The van der Waals surface area contributed by atoms with Crippen LogP contribution in [0, 0.1) is 0 Å². The Kier molecular flexibility index (Phi) is 4.70. The molecule has 0 saturated heterocycles. The largest absolute Gasteiger partial charge is 0.365 e. The standard InChI is InChI=1S/C21H21N5O/c22-19(27)17-13-23-21(26-20(17)24-15-9-2-1-3-10-15)25-18-12-6-8-14-7-4-5-11-16(14)18/h1-3,6,8-10,12-13H,4-5,7,11H2,(H2,22,27)(H2,23,24,25,26). The first kappa shape index (κ1) is 17.0. The summed E-state index contributed by atoms with van der Waals surface area (Å²) in [6.07, 6.45) is 6.03. The van der Waals surface area contributed by atoms with E-state index in [2.05, 4.69) is 26.7 Å².